The van der Waals surface area contributed by atoms with Gasteiger partial charge in [0.2, 0.25) is 5.91 Å². The molecule has 0 unspecified atom stereocenters. The highest BCUT2D eigenvalue weighted by atomic mass is 16.2. The molecule has 0 atom stereocenters. The maximum atomic E-state index is 11.6. The average molecular weight is 330 g/mol. The molecule has 0 aromatic heterocycles. The molecule has 1 fully saturated rings. The van der Waals surface area contributed by atoms with Crippen molar-refractivity contribution >= 4 is 11.9 Å². The lowest BCUT2D eigenvalue weighted by molar-refractivity contribution is -0.122. The third kappa shape index (κ3) is 6.60. The maximum absolute atomic E-state index is 11.6. The van der Waals surface area contributed by atoms with Gasteiger partial charge in [0.15, 0.2) is 5.96 Å². The number of hydrogen-bond acceptors (Lipinski definition) is 2. The maximum Gasteiger partial charge on any atom is 0.223 e. The molecule has 5 heteroatoms. The molecule has 1 aliphatic rings. The molecule has 0 radical (unpaired) electrons. The zero-order valence-electron chi connectivity index (χ0n) is 14.9. The van der Waals surface area contributed by atoms with Gasteiger partial charge in [-0.25, -0.2) is 0 Å². The molecular weight excluding hydrogens is 300 g/mol. The number of carbonyl (C=O) groups excluding carboxylic acids is 1. The summed E-state index contributed by atoms with van der Waals surface area (Å²) in [6.07, 6.45) is 4.09. The van der Waals surface area contributed by atoms with Gasteiger partial charge in [-0.05, 0) is 43.7 Å². The minimum Gasteiger partial charge on any atom is -0.357 e. The van der Waals surface area contributed by atoms with E-state index in [1.807, 2.05) is 0 Å². The number of rotatable bonds is 9. The van der Waals surface area contributed by atoms with Crippen molar-refractivity contribution in [3.05, 3.63) is 35.4 Å². The van der Waals surface area contributed by atoms with Crippen molar-refractivity contribution < 1.29 is 4.79 Å². The van der Waals surface area contributed by atoms with Crippen LogP contribution < -0.4 is 16.0 Å². The van der Waals surface area contributed by atoms with Crippen molar-refractivity contribution in [2.75, 3.05) is 26.2 Å². The quantitative estimate of drug-likeness (QED) is 0.368. The second kappa shape index (κ2) is 9.96. The molecule has 0 aliphatic heterocycles. The summed E-state index contributed by atoms with van der Waals surface area (Å²) in [6.45, 7) is 7.12. The summed E-state index contributed by atoms with van der Waals surface area (Å²) in [5.41, 5.74) is 2.67. The summed E-state index contributed by atoms with van der Waals surface area (Å²) in [5.74, 6) is 1.27. The van der Waals surface area contributed by atoms with E-state index in [9.17, 15) is 4.79 Å². The molecule has 1 aromatic carbocycles. The lowest BCUT2D eigenvalue weighted by Gasteiger charge is -2.12. The van der Waals surface area contributed by atoms with Crippen LogP contribution in [-0.2, 0) is 17.6 Å². The molecule has 0 heterocycles. The largest absolute Gasteiger partial charge is 0.357 e. The molecular formula is C19H30N4O. The molecule has 5 nitrogen and oxygen atoms in total. The summed E-state index contributed by atoms with van der Waals surface area (Å²) >= 11 is 0. The second-order valence-electron chi connectivity index (χ2n) is 6.17. The zero-order valence-corrected chi connectivity index (χ0v) is 14.9. The molecule has 132 valence electrons. The average Bonchev–Trinajstić information content (AvgIpc) is 3.44. The normalized spacial score (nSPS) is 14.3. The predicted octanol–water partition coefficient (Wildman–Crippen LogP) is 1.87. The molecule has 0 bridgehead atoms. The van der Waals surface area contributed by atoms with Crippen LogP contribution in [0.15, 0.2) is 29.3 Å². The summed E-state index contributed by atoms with van der Waals surface area (Å²) in [4.78, 5) is 16.2. The summed E-state index contributed by atoms with van der Waals surface area (Å²) < 4.78 is 0. The number of amides is 1. The molecule has 3 N–H and O–H groups in total. The Hall–Kier alpha value is -2.04. The van der Waals surface area contributed by atoms with Gasteiger partial charge < -0.3 is 16.0 Å². The van der Waals surface area contributed by atoms with Gasteiger partial charge in [0, 0.05) is 32.1 Å². The first kappa shape index (κ1) is 18.3. The van der Waals surface area contributed by atoms with Crippen molar-refractivity contribution in [3.8, 4) is 0 Å². The van der Waals surface area contributed by atoms with Gasteiger partial charge in [0.05, 0.1) is 0 Å². The van der Waals surface area contributed by atoms with E-state index in [4.69, 9.17) is 0 Å². The molecule has 1 amide bonds. The summed E-state index contributed by atoms with van der Waals surface area (Å²) in [5, 5.41) is 9.45. The van der Waals surface area contributed by atoms with Crippen LogP contribution >= 0.6 is 0 Å². The molecule has 1 aromatic rings. The van der Waals surface area contributed by atoms with Crippen LogP contribution in [0.1, 0.15) is 37.8 Å². The molecule has 1 aliphatic carbocycles. The van der Waals surface area contributed by atoms with Gasteiger partial charge in [-0.3, -0.25) is 9.79 Å². The Morgan fingerprint density at radius 2 is 1.71 bits per heavy atom. The Labute approximate surface area is 145 Å². The van der Waals surface area contributed by atoms with E-state index in [0.717, 1.165) is 44.7 Å². The lowest BCUT2D eigenvalue weighted by atomic mass is 10.1. The van der Waals surface area contributed by atoms with E-state index >= 15 is 0 Å². The van der Waals surface area contributed by atoms with Crippen LogP contribution in [-0.4, -0.2) is 38.0 Å². The van der Waals surface area contributed by atoms with E-state index in [-0.39, 0.29) is 11.8 Å². The minimum absolute atomic E-state index is 0.189. The monoisotopic (exact) mass is 330 g/mol. The highest BCUT2D eigenvalue weighted by Gasteiger charge is 2.28. The van der Waals surface area contributed by atoms with Gasteiger partial charge in [-0.15, -0.1) is 0 Å². The first-order valence-electron chi connectivity index (χ1n) is 9.10. The van der Waals surface area contributed by atoms with E-state index in [2.05, 4.69) is 59.1 Å². The topological polar surface area (TPSA) is 65.5 Å². The van der Waals surface area contributed by atoms with E-state index < -0.39 is 0 Å². The molecule has 0 saturated heterocycles. The third-order valence-corrected chi connectivity index (χ3v) is 4.11. The third-order valence-electron chi connectivity index (χ3n) is 4.11. The minimum atomic E-state index is 0.189. The van der Waals surface area contributed by atoms with Crippen molar-refractivity contribution in [1.29, 1.82) is 0 Å². The summed E-state index contributed by atoms with van der Waals surface area (Å²) in [6, 6.07) is 8.74. The molecule has 0 spiro atoms. The second-order valence-corrected chi connectivity index (χ2v) is 6.17. The number of carbonyl (C=O) groups is 1. The molecule has 24 heavy (non-hydrogen) atoms. The standard InChI is InChI=1S/C19H30N4O/c1-3-15-5-7-16(8-6-15)11-12-22-19(20-4-2)23-14-13-21-18(24)17-9-10-17/h5-8,17H,3-4,9-14H2,1-2H3,(H,21,24)(H2,20,22,23). The number of nitrogens with zero attached hydrogens (tertiary/aromatic N) is 1. The van der Waals surface area contributed by atoms with Gasteiger partial charge in [0.1, 0.15) is 0 Å². The number of benzene rings is 1. The number of hydrogen-bond donors (Lipinski definition) is 3. The summed E-state index contributed by atoms with van der Waals surface area (Å²) in [7, 11) is 0. The van der Waals surface area contributed by atoms with Gasteiger partial charge in [-0.2, -0.15) is 0 Å². The molecule has 2 rings (SSSR count). The Morgan fingerprint density at radius 3 is 2.33 bits per heavy atom. The first-order valence-corrected chi connectivity index (χ1v) is 9.10. The number of guanidine groups is 1. The first-order chi connectivity index (χ1) is 11.7. The SMILES string of the molecule is CCNC(=NCCc1ccc(CC)cc1)NCCNC(=O)C1CC1. The number of nitrogens with one attached hydrogen (secondary N) is 3. The van der Waals surface area contributed by atoms with Crippen molar-refractivity contribution in [1.82, 2.24) is 16.0 Å². The number of aliphatic imine (C=N–C) groups is 1. The van der Waals surface area contributed by atoms with Gasteiger partial charge >= 0.3 is 0 Å². The predicted molar refractivity (Wildman–Crippen MR) is 99.2 cm³/mol. The van der Waals surface area contributed by atoms with Crippen LogP contribution in [0, 0.1) is 5.92 Å². The van der Waals surface area contributed by atoms with E-state index in [0.29, 0.717) is 13.1 Å². The number of aryl methyl sites for hydroxylation is 1. The smallest absolute Gasteiger partial charge is 0.223 e. The van der Waals surface area contributed by atoms with Crippen molar-refractivity contribution in [2.24, 2.45) is 10.9 Å². The Bertz CT molecular complexity index is 535. The van der Waals surface area contributed by atoms with Crippen LogP contribution in [0.25, 0.3) is 0 Å². The highest BCUT2D eigenvalue weighted by molar-refractivity contribution is 5.81. The van der Waals surface area contributed by atoms with E-state index in [1.54, 1.807) is 0 Å². The fourth-order valence-corrected chi connectivity index (χ4v) is 2.44. The van der Waals surface area contributed by atoms with Crippen LogP contribution in [0.3, 0.4) is 0 Å². The van der Waals surface area contributed by atoms with Crippen LogP contribution in [0.4, 0.5) is 0 Å². The Balaban J connectivity index is 1.69. The zero-order chi connectivity index (χ0) is 17.2. The molecule has 1 saturated carbocycles. The van der Waals surface area contributed by atoms with Crippen molar-refractivity contribution in [2.45, 2.75) is 39.5 Å². The Morgan fingerprint density at radius 1 is 1.04 bits per heavy atom. The van der Waals surface area contributed by atoms with Crippen molar-refractivity contribution in [3.63, 3.8) is 0 Å². The lowest BCUT2D eigenvalue weighted by Crippen LogP contribution is -2.41. The van der Waals surface area contributed by atoms with Gasteiger partial charge in [0.25, 0.3) is 0 Å². The van der Waals surface area contributed by atoms with Gasteiger partial charge in [-0.1, -0.05) is 31.2 Å². The van der Waals surface area contributed by atoms with Crippen LogP contribution in [0.5, 0.6) is 0 Å². The fourth-order valence-electron chi connectivity index (χ4n) is 2.44. The highest BCUT2D eigenvalue weighted by Crippen LogP contribution is 2.28. The van der Waals surface area contributed by atoms with E-state index in [1.165, 1.54) is 11.1 Å². The fraction of sp³-hybridized carbons (Fsp3) is 0.579. The van der Waals surface area contributed by atoms with Crippen LogP contribution in [0.2, 0.25) is 0 Å². The Kier molecular flexibility index (Phi) is 7.59.